The van der Waals surface area contributed by atoms with Gasteiger partial charge in [0.15, 0.2) is 0 Å². The first-order valence-corrected chi connectivity index (χ1v) is 14.6. The highest BCUT2D eigenvalue weighted by molar-refractivity contribution is 7.89. The summed E-state index contributed by atoms with van der Waals surface area (Å²) in [5.74, 6) is 0.780. The first kappa shape index (κ1) is 26.4. The molecule has 3 heterocycles. The smallest absolute Gasteiger partial charge is 0.241 e. The Labute approximate surface area is 225 Å². The Hall–Kier alpha value is -3.25. The van der Waals surface area contributed by atoms with Crippen LogP contribution in [-0.2, 0) is 26.0 Å². The third-order valence-corrected chi connectivity index (χ3v) is 9.54. The number of nitrogens with two attached hydrogens (primary N) is 1. The summed E-state index contributed by atoms with van der Waals surface area (Å²) < 4.78 is 41.5. The van der Waals surface area contributed by atoms with Gasteiger partial charge < -0.3 is 20.1 Å². The van der Waals surface area contributed by atoms with Crippen molar-refractivity contribution in [3.05, 3.63) is 59.6 Å². The lowest BCUT2D eigenvalue weighted by Crippen LogP contribution is -2.52. The molecule has 0 radical (unpaired) electrons. The number of pyridine rings is 1. The molecule has 1 saturated heterocycles. The van der Waals surface area contributed by atoms with E-state index in [0.29, 0.717) is 37.5 Å². The van der Waals surface area contributed by atoms with E-state index >= 15 is 0 Å². The van der Waals surface area contributed by atoms with Crippen molar-refractivity contribution in [2.45, 2.75) is 36.3 Å². The van der Waals surface area contributed by atoms with Gasteiger partial charge in [-0.1, -0.05) is 12.1 Å². The number of benzene rings is 2. The second kappa shape index (κ2) is 10.9. The highest BCUT2D eigenvalue weighted by Crippen LogP contribution is 2.30. The molecule has 200 valence electrons. The predicted molar refractivity (Wildman–Crippen MR) is 149 cm³/mol. The minimum Gasteiger partial charge on any atom is -0.497 e. The fourth-order valence-electron chi connectivity index (χ4n) is 4.80. The van der Waals surface area contributed by atoms with Gasteiger partial charge >= 0.3 is 0 Å². The van der Waals surface area contributed by atoms with Crippen LogP contribution in [-0.4, -0.2) is 63.7 Å². The van der Waals surface area contributed by atoms with Crippen molar-refractivity contribution in [1.82, 2.24) is 14.6 Å². The molecule has 1 aliphatic rings. The van der Waals surface area contributed by atoms with Crippen LogP contribution < -0.4 is 15.2 Å². The van der Waals surface area contributed by atoms with Crippen molar-refractivity contribution in [3.63, 3.8) is 0 Å². The summed E-state index contributed by atoms with van der Waals surface area (Å²) in [6, 6.07) is 13.1. The van der Waals surface area contributed by atoms with E-state index in [1.807, 2.05) is 24.3 Å². The standard InChI is InChI=1S/C27H30N4O5S2/c1-35-19-8-11-31(12-9-19)27(32)24(16-21-15-23-25(37-21)7-10-29-26(23)28)30-38(33,34)22-6-4-17-3-5-20(36-2)13-18(17)14-22/h3-7,10,13-15,19,24,30H,8-9,11-12,16H2,1-2H3,(H2,28,29). The molecule has 11 heteroatoms. The van der Waals surface area contributed by atoms with E-state index in [1.54, 1.807) is 49.6 Å². The summed E-state index contributed by atoms with van der Waals surface area (Å²) in [4.78, 5) is 20.5. The molecule has 1 fully saturated rings. The van der Waals surface area contributed by atoms with E-state index in [4.69, 9.17) is 15.2 Å². The van der Waals surface area contributed by atoms with Crippen LogP contribution >= 0.6 is 11.3 Å². The van der Waals surface area contributed by atoms with E-state index in [0.717, 1.165) is 25.7 Å². The molecule has 0 bridgehead atoms. The van der Waals surface area contributed by atoms with Gasteiger partial charge in [-0.2, -0.15) is 4.72 Å². The second-order valence-electron chi connectivity index (χ2n) is 9.33. The first-order valence-electron chi connectivity index (χ1n) is 12.3. The van der Waals surface area contributed by atoms with Crippen LogP contribution in [0.5, 0.6) is 5.75 Å². The van der Waals surface area contributed by atoms with Gasteiger partial charge in [-0.25, -0.2) is 13.4 Å². The molecule has 0 saturated carbocycles. The van der Waals surface area contributed by atoms with Gasteiger partial charge in [0.25, 0.3) is 0 Å². The Morgan fingerprint density at radius 2 is 1.89 bits per heavy atom. The number of thiophene rings is 1. The van der Waals surface area contributed by atoms with Gasteiger partial charge in [0.2, 0.25) is 15.9 Å². The largest absolute Gasteiger partial charge is 0.497 e. The van der Waals surface area contributed by atoms with Crippen LogP contribution in [0, 0.1) is 0 Å². The molecule has 1 amide bonds. The molecular weight excluding hydrogens is 524 g/mol. The Morgan fingerprint density at radius 3 is 2.61 bits per heavy atom. The molecule has 1 atom stereocenters. The summed E-state index contributed by atoms with van der Waals surface area (Å²) in [5, 5.41) is 2.41. The maximum atomic E-state index is 13.7. The fraction of sp³-hybridized carbons (Fsp3) is 0.333. The monoisotopic (exact) mass is 554 g/mol. The van der Waals surface area contributed by atoms with Gasteiger partial charge in [0, 0.05) is 47.8 Å². The Bertz CT molecular complexity index is 1580. The number of hydrogen-bond acceptors (Lipinski definition) is 8. The number of hydrogen-bond donors (Lipinski definition) is 2. The molecule has 0 aliphatic carbocycles. The molecule has 4 aromatic rings. The number of fused-ring (bicyclic) bond motifs is 2. The lowest BCUT2D eigenvalue weighted by molar-refractivity contribution is -0.135. The fourth-order valence-corrected chi connectivity index (χ4v) is 7.14. The quantitative estimate of drug-likeness (QED) is 0.341. The van der Waals surface area contributed by atoms with Crippen molar-refractivity contribution >= 4 is 53.9 Å². The van der Waals surface area contributed by atoms with Gasteiger partial charge in [-0.05, 0) is 60.0 Å². The van der Waals surface area contributed by atoms with E-state index < -0.39 is 16.1 Å². The molecule has 3 N–H and O–H groups in total. The molecule has 2 aromatic heterocycles. The number of aromatic nitrogens is 1. The van der Waals surface area contributed by atoms with E-state index in [2.05, 4.69) is 9.71 Å². The number of ether oxygens (including phenoxy) is 2. The zero-order valence-corrected chi connectivity index (χ0v) is 22.8. The van der Waals surface area contributed by atoms with Crippen LogP contribution in [0.25, 0.3) is 20.9 Å². The number of anilines is 1. The number of nitrogens with one attached hydrogen (secondary N) is 1. The third kappa shape index (κ3) is 5.46. The summed E-state index contributed by atoms with van der Waals surface area (Å²) >= 11 is 1.48. The van der Waals surface area contributed by atoms with Crippen LogP contribution in [0.3, 0.4) is 0 Å². The van der Waals surface area contributed by atoms with Crippen LogP contribution in [0.15, 0.2) is 59.6 Å². The number of sulfonamides is 1. The number of nitrogens with zero attached hydrogens (tertiary/aromatic N) is 2. The number of rotatable bonds is 8. The normalized spacial score (nSPS) is 15.7. The molecule has 5 rings (SSSR count). The van der Waals surface area contributed by atoms with E-state index in [-0.39, 0.29) is 23.3 Å². The van der Waals surface area contributed by atoms with Gasteiger partial charge in [-0.3, -0.25) is 4.79 Å². The Morgan fingerprint density at radius 1 is 1.13 bits per heavy atom. The highest BCUT2D eigenvalue weighted by atomic mass is 32.2. The summed E-state index contributed by atoms with van der Waals surface area (Å²) in [6.45, 7) is 1.02. The van der Waals surface area contributed by atoms with Crippen molar-refractivity contribution < 1.29 is 22.7 Å². The van der Waals surface area contributed by atoms with Crippen LogP contribution in [0.4, 0.5) is 5.82 Å². The number of amides is 1. The summed E-state index contributed by atoms with van der Waals surface area (Å²) in [5.41, 5.74) is 6.04. The number of piperidine rings is 1. The van der Waals surface area contributed by atoms with E-state index in [1.165, 1.54) is 11.3 Å². The number of likely N-dealkylation sites (tertiary alicyclic amines) is 1. The van der Waals surface area contributed by atoms with Gasteiger partial charge in [0.05, 0.1) is 18.1 Å². The van der Waals surface area contributed by atoms with Crippen molar-refractivity contribution in [1.29, 1.82) is 0 Å². The number of carbonyl (C=O) groups is 1. The van der Waals surface area contributed by atoms with Crippen molar-refractivity contribution in [2.75, 3.05) is 33.0 Å². The molecule has 1 aliphatic heterocycles. The number of methoxy groups -OCH3 is 2. The third-order valence-electron chi connectivity index (χ3n) is 6.94. The maximum absolute atomic E-state index is 13.7. The Balaban J connectivity index is 1.45. The zero-order chi connectivity index (χ0) is 26.9. The predicted octanol–water partition coefficient (Wildman–Crippen LogP) is 3.57. The van der Waals surface area contributed by atoms with Gasteiger partial charge in [-0.15, -0.1) is 11.3 Å². The topological polar surface area (TPSA) is 124 Å². The molecule has 1 unspecified atom stereocenters. The number of carbonyl (C=O) groups excluding carboxylic acids is 1. The molecule has 0 spiro atoms. The lowest BCUT2D eigenvalue weighted by atomic mass is 10.1. The summed E-state index contributed by atoms with van der Waals surface area (Å²) in [6.07, 6.45) is 3.35. The van der Waals surface area contributed by atoms with Crippen LogP contribution in [0.2, 0.25) is 0 Å². The van der Waals surface area contributed by atoms with Crippen LogP contribution in [0.1, 0.15) is 17.7 Å². The second-order valence-corrected chi connectivity index (χ2v) is 12.2. The SMILES string of the molecule is COc1ccc2ccc(S(=O)(=O)NC(Cc3cc4c(N)nccc4s3)C(=O)N3CCC(OC)CC3)cc2c1. The average Bonchev–Trinajstić information content (AvgIpc) is 3.35. The number of nitrogen functional groups attached to an aromatic ring is 1. The Kier molecular flexibility index (Phi) is 7.53. The molecule has 38 heavy (non-hydrogen) atoms. The molecular formula is C27H30N4O5S2. The van der Waals surface area contributed by atoms with Crippen molar-refractivity contribution in [2.24, 2.45) is 0 Å². The molecule has 9 nitrogen and oxygen atoms in total. The minimum absolute atomic E-state index is 0.0823. The lowest BCUT2D eigenvalue weighted by Gasteiger charge is -2.33. The van der Waals surface area contributed by atoms with E-state index in [9.17, 15) is 13.2 Å². The molecule has 2 aromatic carbocycles. The minimum atomic E-state index is -4.02. The zero-order valence-electron chi connectivity index (χ0n) is 21.2. The van der Waals surface area contributed by atoms with Gasteiger partial charge in [0.1, 0.15) is 17.6 Å². The first-order chi connectivity index (χ1) is 18.3. The summed E-state index contributed by atoms with van der Waals surface area (Å²) in [7, 11) is -0.794. The van der Waals surface area contributed by atoms with Crippen molar-refractivity contribution in [3.8, 4) is 5.75 Å². The maximum Gasteiger partial charge on any atom is 0.241 e. The average molecular weight is 555 g/mol. The highest BCUT2D eigenvalue weighted by Gasteiger charge is 2.32.